The van der Waals surface area contributed by atoms with Crippen molar-refractivity contribution in [3.05, 3.63) is 77.6 Å². The molecule has 4 rings (SSSR count). The summed E-state index contributed by atoms with van der Waals surface area (Å²) >= 11 is 0. The van der Waals surface area contributed by atoms with Gasteiger partial charge < -0.3 is 13.9 Å². The first-order valence-electron chi connectivity index (χ1n) is 11.4. The third-order valence-corrected chi connectivity index (χ3v) is 11.9. The Morgan fingerprint density at radius 2 is 1.70 bits per heavy atom. The monoisotopic (exact) mass is 464 g/mol. The number of fused-ring (bicyclic) bond motifs is 3. The van der Waals surface area contributed by atoms with Crippen LogP contribution in [0.4, 0.5) is 0 Å². The fraction of sp³-hybridized carbons (Fsp3) is 0.407. The number of hydrogen-bond acceptors (Lipinski definition) is 5. The van der Waals surface area contributed by atoms with Gasteiger partial charge in [0.15, 0.2) is 5.41 Å². The van der Waals surface area contributed by atoms with Crippen LogP contribution in [0.2, 0.25) is 18.1 Å². The summed E-state index contributed by atoms with van der Waals surface area (Å²) in [7, 11) is -0.820. The molecular weight excluding hydrogens is 432 g/mol. The normalized spacial score (nSPS) is 24.7. The molecule has 1 aliphatic heterocycles. The van der Waals surface area contributed by atoms with Gasteiger partial charge in [-0.15, -0.1) is 0 Å². The molecule has 3 unspecified atom stereocenters. The first-order valence-corrected chi connectivity index (χ1v) is 14.3. The van der Waals surface area contributed by atoms with Crippen LogP contribution in [0.25, 0.3) is 0 Å². The van der Waals surface area contributed by atoms with Gasteiger partial charge in [0.1, 0.15) is 5.75 Å². The molecule has 3 atom stereocenters. The van der Waals surface area contributed by atoms with Crippen LogP contribution in [-0.2, 0) is 18.8 Å². The van der Waals surface area contributed by atoms with Crippen molar-refractivity contribution in [1.82, 2.24) is 0 Å². The van der Waals surface area contributed by atoms with E-state index in [9.17, 15) is 9.59 Å². The molecular formula is C27H32O5Si. The Kier molecular flexibility index (Phi) is 5.77. The minimum Gasteiger partial charge on any atom is -0.547 e. The lowest BCUT2D eigenvalue weighted by atomic mass is 9.57. The molecule has 1 aliphatic carbocycles. The first-order chi connectivity index (χ1) is 15.5. The summed E-state index contributed by atoms with van der Waals surface area (Å²) in [6, 6.07) is 17.1. The van der Waals surface area contributed by atoms with Crippen molar-refractivity contribution >= 4 is 20.3 Å². The number of benzene rings is 2. The van der Waals surface area contributed by atoms with Crippen molar-refractivity contribution in [3.8, 4) is 5.75 Å². The Balaban J connectivity index is 1.96. The molecule has 2 aliphatic rings. The zero-order valence-corrected chi connectivity index (χ0v) is 21.2. The van der Waals surface area contributed by atoms with Crippen LogP contribution < -0.4 is 4.74 Å². The van der Waals surface area contributed by atoms with E-state index in [1.165, 1.54) is 7.11 Å². The maximum absolute atomic E-state index is 13.7. The number of methoxy groups -OCH3 is 1. The second kappa shape index (κ2) is 8.17. The average Bonchev–Trinajstić information content (AvgIpc) is 2.77. The smallest absolute Gasteiger partial charge is 0.330 e. The van der Waals surface area contributed by atoms with E-state index in [1.54, 1.807) is 6.07 Å². The largest absolute Gasteiger partial charge is 0.547 e. The summed E-state index contributed by atoms with van der Waals surface area (Å²) in [5.41, 5.74) is 0.151. The molecule has 2 aromatic rings. The van der Waals surface area contributed by atoms with Gasteiger partial charge in [-0.05, 0) is 35.8 Å². The number of hydrogen-bond donors (Lipinski definition) is 0. The highest BCUT2D eigenvalue weighted by molar-refractivity contribution is 6.74. The Morgan fingerprint density at radius 3 is 2.33 bits per heavy atom. The number of rotatable bonds is 4. The molecule has 0 saturated heterocycles. The fourth-order valence-electron chi connectivity index (χ4n) is 4.73. The molecule has 6 heteroatoms. The van der Waals surface area contributed by atoms with E-state index in [4.69, 9.17) is 13.9 Å². The topological polar surface area (TPSA) is 61.8 Å². The van der Waals surface area contributed by atoms with Gasteiger partial charge in [-0.25, -0.2) is 0 Å². The number of esters is 2. The molecule has 1 heterocycles. The standard InChI is InChI=1S/C27H32O5Si/c1-26(2,3)33(5,6)32-19-16-21(18-12-8-7-9-13-18)27(24(28)30-4)22(17-19)20-14-10-11-15-23(20)31-25(27)29/h7-16,21-22H,17H2,1-6H3. The highest BCUT2D eigenvalue weighted by atomic mass is 28.4. The van der Waals surface area contributed by atoms with E-state index in [1.807, 2.05) is 54.6 Å². The van der Waals surface area contributed by atoms with Crippen LogP contribution in [-0.4, -0.2) is 27.4 Å². The Morgan fingerprint density at radius 1 is 1.06 bits per heavy atom. The minimum absolute atomic E-state index is 0.0103. The van der Waals surface area contributed by atoms with Gasteiger partial charge >= 0.3 is 11.9 Å². The number of ether oxygens (including phenoxy) is 2. The second-order valence-corrected chi connectivity index (χ2v) is 15.2. The van der Waals surface area contributed by atoms with Crippen molar-refractivity contribution in [2.75, 3.05) is 7.11 Å². The van der Waals surface area contributed by atoms with Crippen molar-refractivity contribution in [2.45, 2.75) is 57.2 Å². The van der Waals surface area contributed by atoms with Gasteiger partial charge in [-0.2, -0.15) is 0 Å². The predicted molar refractivity (Wildman–Crippen MR) is 129 cm³/mol. The SMILES string of the molecule is COC(=O)C12C(=O)Oc3ccccc3C1CC(O[Si](C)(C)C(C)(C)C)=CC2c1ccccc1. The molecule has 0 radical (unpaired) electrons. The van der Waals surface area contributed by atoms with Crippen molar-refractivity contribution < 1.29 is 23.5 Å². The van der Waals surface area contributed by atoms with Crippen molar-refractivity contribution in [3.63, 3.8) is 0 Å². The van der Waals surface area contributed by atoms with E-state index < -0.39 is 37.5 Å². The van der Waals surface area contributed by atoms with Crippen LogP contribution in [0, 0.1) is 5.41 Å². The van der Waals surface area contributed by atoms with Gasteiger partial charge in [0, 0.05) is 23.8 Å². The summed E-state index contributed by atoms with van der Waals surface area (Å²) in [4.78, 5) is 27.2. The van der Waals surface area contributed by atoms with Gasteiger partial charge in [-0.3, -0.25) is 9.59 Å². The maximum Gasteiger partial charge on any atom is 0.330 e. The van der Waals surface area contributed by atoms with Gasteiger partial charge in [0.2, 0.25) is 8.32 Å². The second-order valence-electron chi connectivity index (χ2n) is 10.4. The summed E-state index contributed by atoms with van der Waals surface area (Å²) in [6.45, 7) is 11.0. The Labute approximate surface area is 196 Å². The van der Waals surface area contributed by atoms with Gasteiger partial charge in [0.25, 0.3) is 0 Å². The molecule has 33 heavy (non-hydrogen) atoms. The molecule has 0 spiro atoms. The number of para-hydroxylation sites is 1. The zero-order valence-electron chi connectivity index (χ0n) is 20.2. The molecule has 2 aromatic carbocycles. The summed E-state index contributed by atoms with van der Waals surface area (Å²) < 4.78 is 17.8. The lowest BCUT2D eigenvalue weighted by Crippen LogP contribution is -2.55. The average molecular weight is 465 g/mol. The first kappa shape index (κ1) is 23.3. The quantitative estimate of drug-likeness (QED) is 0.242. The Bertz CT molecular complexity index is 1100. The maximum atomic E-state index is 13.7. The number of carbonyl (C=O) groups excluding carboxylic acids is 2. The van der Waals surface area contributed by atoms with Crippen molar-refractivity contribution in [2.24, 2.45) is 5.41 Å². The third-order valence-electron chi connectivity index (χ3n) is 7.51. The summed E-state index contributed by atoms with van der Waals surface area (Å²) in [6.07, 6.45) is 2.38. The highest BCUT2D eigenvalue weighted by Crippen LogP contribution is 2.59. The molecule has 0 bridgehead atoms. The van der Waals surface area contributed by atoms with E-state index in [0.29, 0.717) is 12.2 Å². The van der Waals surface area contributed by atoms with E-state index in [0.717, 1.165) is 16.9 Å². The van der Waals surface area contributed by atoms with Crippen LogP contribution in [0.5, 0.6) is 5.75 Å². The van der Waals surface area contributed by atoms with Crippen molar-refractivity contribution in [1.29, 1.82) is 0 Å². The molecule has 0 N–H and O–H groups in total. The van der Waals surface area contributed by atoms with E-state index in [2.05, 4.69) is 33.9 Å². The summed E-state index contributed by atoms with van der Waals surface area (Å²) in [5, 5.41) is 0.0103. The van der Waals surface area contributed by atoms with Crippen LogP contribution >= 0.6 is 0 Å². The lowest BCUT2D eigenvalue weighted by Gasteiger charge is -2.48. The Hall–Kier alpha value is -2.86. The van der Waals surface area contributed by atoms with Crippen LogP contribution in [0.1, 0.15) is 50.2 Å². The minimum atomic E-state index is -2.15. The van der Waals surface area contributed by atoms with E-state index in [-0.39, 0.29) is 5.04 Å². The predicted octanol–water partition coefficient (Wildman–Crippen LogP) is 5.94. The zero-order chi connectivity index (χ0) is 24.0. The van der Waals surface area contributed by atoms with E-state index >= 15 is 0 Å². The fourth-order valence-corrected chi connectivity index (χ4v) is 5.84. The molecule has 0 amide bonds. The molecule has 5 nitrogen and oxygen atoms in total. The summed E-state index contributed by atoms with van der Waals surface area (Å²) in [5.74, 6) is -0.877. The molecule has 0 saturated carbocycles. The van der Waals surface area contributed by atoms with Gasteiger partial charge in [0.05, 0.1) is 12.9 Å². The van der Waals surface area contributed by atoms with Crippen LogP contribution in [0.15, 0.2) is 66.4 Å². The molecule has 0 fully saturated rings. The highest BCUT2D eigenvalue weighted by Gasteiger charge is 2.64. The molecule has 174 valence electrons. The lowest BCUT2D eigenvalue weighted by molar-refractivity contribution is -0.171. The van der Waals surface area contributed by atoms with Gasteiger partial charge in [-0.1, -0.05) is 69.3 Å². The van der Waals surface area contributed by atoms with Crippen LogP contribution in [0.3, 0.4) is 0 Å². The third kappa shape index (κ3) is 3.70. The number of carbonyl (C=O) groups is 2. The number of allylic oxidation sites excluding steroid dienone is 2. The molecule has 0 aromatic heterocycles.